The van der Waals surface area contributed by atoms with Crippen molar-refractivity contribution in [3.8, 4) is 5.75 Å². The molecule has 0 amide bonds. The predicted molar refractivity (Wildman–Crippen MR) is 80.1 cm³/mol. The maximum atomic E-state index is 13.8. The third-order valence-corrected chi connectivity index (χ3v) is 3.79. The van der Waals surface area contributed by atoms with Crippen LogP contribution in [0.1, 0.15) is 30.6 Å². The Morgan fingerprint density at radius 2 is 1.81 bits per heavy atom. The number of aliphatic hydroxyl groups is 1. The Morgan fingerprint density at radius 1 is 1.14 bits per heavy atom. The molecule has 0 fully saturated rings. The molecule has 2 nitrogen and oxygen atoms in total. The fourth-order valence-corrected chi connectivity index (χ4v) is 2.25. The molecule has 0 bridgehead atoms. The third kappa shape index (κ3) is 3.80. The van der Waals surface area contributed by atoms with Crippen molar-refractivity contribution in [1.82, 2.24) is 0 Å². The molecule has 0 heterocycles. The van der Waals surface area contributed by atoms with Crippen LogP contribution >= 0.6 is 15.9 Å². The molecule has 0 aliphatic rings. The summed E-state index contributed by atoms with van der Waals surface area (Å²) in [5.41, 5.74) is 0.659. The van der Waals surface area contributed by atoms with Crippen LogP contribution in [0.5, 0.6) is 5.75 Å². The third-order valence-electron chi connectivity index (χ3n) is 3.17. The second-order valence-corrected chi connectivity index (χ2v) is 5.46. The van der Waals surface area contributed by atoms with Crippen LogP contribution in [0.15, 0.2) is 40.9 Å². The van der Waals surface area contributed by atoms with Gasteiger partial charge in [-0.3, -0.25) is 0 Å². The van der Waals surface area contributed by atoms with Crippen molar-refractivity contribution in [1.29, 1.82) is 0 Å². The van der Waals surface area contributed by atoms with Gasteiger partial charge < -0.3 is 9.84 Å². The quantitative estimate of drug-likeness (QED) is 0.783. The van der Waals surface area contributed by atoms with Crippen molar-refractivity contribution in [3.05, 3.63) is 63.6 Å². The van der Waals surface area contributed by atoms with E-state index in [1.54, 1.807) is 24.3 Å². The van der Waals surface area contributed by atoms with Gasteiger partial charge in [-0.15, -0.1) is 0 Å². The van der Waals surface area contributed by atoms with Gasteiger partial charge in [0.25, 0.3) is 0 Å². The van der Waals surface area contributed by atoms with E-state index in [0.717, 1.165) is 5.56 Å². The van der Waals surface area contributed by atoms with Gasteiger partial charge in [-0.2, -0.15) is 0 Å². The molecule has 0 radical (unpaired) electrons. The molecule has 21 heavy (non-hydrogen) atoms. The van der Waals surface area contributed by atoms with Crippen LogP contribution < -0.4 is 4.74 Å². The van der Waals surface area contributed by atoms with Gasteiger partial charge in [-0.1, -0.05) is 19.1 Å². The van der Waals surface area contributed by atoms with Crippen LogP contribution in [0, 0.1) is 11.6 Å². The average molecular weight is 357 g/mol. The minimum Gasteiger partial charge on any atom is -0.489 e. The lowest BCUT2D eigenvalue weighted by atomic mass is 10.1. The molecule has 112 valence electrons. The highest BCUT2D eigenvalue weighted by Crippen LogP contribution is 2.24. The normalized spacial score (nSPS) is 12.2. The molecule has 0 saturated heterocycles. The minimum atomic E-state index is -0.659. The highest BCUT2D eigenvalue weighted by molar-refractivity contribution is 9.10. The number of benzene rings is 2. The van der Waals surface area contributed by atoms with Crippen LogP contribution in [0.3, 0.4) is 0 Å². The largest absolute Gasteiger partial charge is 0.489 e. The van der Waals surface area contributed by atoms with E-state index in [-0.39, 0.29) is 16.6 Å². The molecule has 0 aliphatic carbocycles. The zero-order chi connectivity index (χ0) is 15.4. The summed E-state index contributed by atoms with van der Waals surface area (Å²) < 4.78 is 32.9. The molecule has 2 rings (SSSR count). The molecular formula is C16H15BrF2O2. The summed E-state index contributed by atoms with van der Waals surface area (Å²) in [7, 11) is 0. The summed E-state index contributed by atoms with van der Waals surface area (Å²) in [4.78, 5) is 0. The van der Waals surface area contributed by atoms with E-state index in [1.807, 2.05) is 6.92 Å². The minimum absolute atomic E-state index is 0.123. The summed E-state index contributed by atoms with van der Waals surface area (Å²) in [5, 5.41) is 9.69. The summed E-state index contributed by atoms with van der Waals surface area (Å²) >= 11 is 3.01. The molecule has 5 heteroatoms. The highest BCUT2D eigenvalue weighted by atomic mass is 79.9. The van der Waals surface area contributed by atoms with Gasteiger partial charge in [-0.05, 0) is 52.2 Å². The number of hydrogen-bond donors (Lipinski definition) is 1. The van der Waals surface area contributed by atoms with E-state index in [4.69, 9.17) is 4.74 Å². The van der Waals surface area contributed by atoms with Crippen LogP contribution in [-0.2, 0) is 6.61 Å². The summed E-state index contributed by atoms with van der Waals surface area (Å²) in [6, 6.07) is 9.31. The first-order chi connectivity index (χ1) is 10.0. The van der Waals surface area contributed by atoms with Crippen molar-refractivity contribution in [3.63, 3.8) is 0 Å². The smallest absolute Gasteiger partial charge is 0.146 e. The molecule has 1 N–H and O–H groups in total. The molecule has 0 spiro atoms. The van der Waals surface area contributed by atoms with E-state index < -0.39 is 17.7 Å². The van der Waals surface area contributed by atoms with Crippen LogP contribution in [-0.4, -0.2) is 5.11 Å². The summed E-state index contributed by atoms with van der Waals surface area (Å²) in [6.45, 7) is 1.68. The lowest BCUT2D eigenvalue weighted by Crippen LogP contribution is -2.03. The van der Waals surface area contributed by atoms with Gasteiger partial charge >= 0.3 is 0 Å². The zero-order valence-corrected chi connectivity index (χ0v) is 13.0. The Morgan fingerprint density at radius 3 is 2.43 bits per heavy atom. The van der Waals surface area contributed by atoms with Gasteiger partial charge in [0.1, 0.15) is 24.0 Å². The Labute approximate surface area is 130 Å². The fraction of sp³-hybridized carbons (Fsp3) is 0.250. The Kier molecular flexibility index (Phi) is 5.31. The number of aliphatic hydroxyl groups excluding tert-OH is 1. The number of ether oxygens (including phenoxy) is 1. The Balaban J connectivity index is 2.08. The average Bonchev–Trinajstić information content (AvgIpc) is 2.51. The lowest BCUT2D eigenvalue weighted by molar-refractivity contribution is 0.173. The first kappa shape index (κ1) is 15.9. The maximum Gasteiger partial charge on any atom is 0.146 e. The van der Waals surface area contributed by atoms with Crippen LogP contribution in [0.25, 0.3) is 0 Å². The molecule has 2 aromatic carbocycles. The molecule has 0 aromatic heterocycles. The van der Waals surface area contributed by atoms with E-state index >= 15 is 0 Å². The van der Waals surface area contributed by atoms with Crippen molar-refractivity contribution in [2.75, 3.05) is 0 Å². The predicted octanol–water partition coefficient (Wildman–Crippen LogP) is 4.75. The molecule has 0 aliphatic heterocycles. The van der Waals surface area contributed by atoms with E-state index in [1.165, 1.54) is 12.1 Å². The summed E-state index contributed by atoms with van der Waals surface area (Å²) in [6.07, 6.45) is 0.105. The van der Waals surface area contributed by atoms with Crippen molar-refractivity contribution in [2.24, 2.45) is 0 Å². The van der Waals surface area contributed by atoms with E-state index in [9.17, 15) is 13.9 Å². The molecular weight excluding hydrogens is 342 g/mol. The zero-order valence-electron chi connectivity index (χ0n) is 11.4. The Bertz CT molecular complexity index is 614. The van der Waals surface area contributed by atoms with Gasteiger partial charge in [0.15, 0.2) is 0 Å². The second-order valence-electron chi connectivity index (χ2n) is 4.60. The van der Waals surface area contributed by atoms with Gasteiger partial charge in [-0.25, -0.2) is 8.78 Å². The van der Waals surface area contributed by atoms with Crippen molar-refractivity contribution < 1.29 is 18.6 Å². The van der Waals surface area contributed by atoms with E-state index in [0.29, 0.717) is 12.2 Å². The lowest BCUT2D eigenvalue weighted by Gasteiger charge is -2.11. The topological polar surface area (TPSA) is 29.5 Å². The first-order valence-electron chi connectivity index (χ1n) is 6.56. The standard InChI is InChI=1S/C16H15BrF2O2/c1-2-15(20)10-3-5-11(6-4-10)21-9-12-14(18)8-7-13(17)16(12)19/h3-8,15,20H,2,9H2,1H3/t15-/m1/s1. The van der Waals surface area contributed by atoms with Crippen LogP contribution in [0.4, 0.5) is 8.78 Å². The maximum absolute atomic E-state index is 13.8. The molecule has 0 unspecified atom stereocenters. The van der Waals surface area contributed by atoms with Gasteiger partial charge in [0.05, 0.1) is 16.1 Å². The Hall–Kier alpha value is -1.46. The molecule has 1 atom stereocenters. The monoisotopic (exact) mass is 356 g/mol. The first-order valence-corrected chi connectivity index (χ1v) is 7.35. The van der Waals surface area contributed by atoms with E-state index in [2.05, 4.69) is 15.9 Å². The number of rotatable bonds is 5. The molecule has 2 aromatic rings. The number of hydrogen-bond acceptors (Lipinski definition) is 2. The second kappa shape index (κ2) is 7.00. The fourth-order valence-electron chi connectivity index (χ4n) is 1.88. The summed E-state index contributed by atoms with van der Waals surface area (Å²) in [5.74, 6) is -0.817. The SMILES string of the molecule is CC[C@@H](O)c1ccc(OCc2c(F)ccc(Br)c2F)cc1. The van der Waals surface area contributed by atoms with Crippen molar-refractivity contribution in [2.45, 2.75) is 26.1 Å². The van der Waals surface area contributed by atoms with Crippen LogP contribution in [0.2, 0.25) is 0 Å². The molecule has 0 saturated carbocycles. The number of halogens is 3. The van der Waals surface area contributed by atoms with Crippen molar-refractivity contribution >= 4 is 15.9 Å². The highest BCUT2D eigenvalue weighted by Gasteiger charge is 2.13. The van der Waals surface area contributed by atoms with Gasteiger partial charge in [0.2, 0.25) is 0 Å². The van der Waals surface area contributed by atoms with Gasteiger partial charge in [0, 0.05) is 0 Å².